The molecule has 1 aromatic carbocycles. The second-order valence-electron chi connectivity index (χ2n) is 4.01. The van der Waals surface area contributed by atoms with E-state index in [1.54, 1.807) is 24.5 Å². The van der Waals surface area contributed by atoms with Crippen LogP contribution in [0.15, 0.2) is 56.5 Å². The molecule has 20 heavy (non-hydrogen) atoms. The molecule has 6 heteroatoms. The minimum Gasteiger partial charge on any atom is -0.465 e. The zero-order chi connectivity index (χ0) is 14.1. The smallest absolute Gasteiger partial charge is 0.270 e. The molecule has 1 aliphatic heterocycles. The number of carbonyl (C=O) groups is 1. The van der Waals surface area contributed by atoms with Crippen molar-refractivity contribution in [1.29, 1.82) is 0 Å². The molecule has 1 fully saturated rings. The van der Waals surface area contributed by atoms with Crippen molar-refractivity contribution in [3.63, 3.8) is 0 Å². The Bertz CT molecular complexity index is 710. The maximum absolute atomic E-state index is 12.4. The highest BCUT2D eigenvalue weighted by Crippen LogP contribution is 2.36. The third-order valence-electron chi connectivity index (χ3n) is 2.68. The van der Waals surface area contributed by atoms with E-state index in [1.807, 2.05) is 24.3 Å². The van der Waals surface area contributed by atoms with Gasteiger partial charge in [-0.05, 0) is 30.3 Å². The van der Waals surface area contributed by atoms with Crippen LogP contribution in [0.5, 0.6) is 0 Å². The number of hydrogen-bond donors (Lipinski definition) is 0. The van der Waals surface area contributed by atoms with Crippen molar-refractivity contribution >= 4 is 61.9 Å². The largest absolute Gasteiger partial charge is 0.465 e. The highest BCUT2D eigenvalue weighted by molar-refractivity contribution is 9.10. The Morgan fingerprint density at radius 2 is 2.15 bits per heavy atom. The molecule has 0 spiro atoms. The summed E-state index contributed by atoms with van der Waals surface area (Å²) in [5.41, 5.74) is 0.754. The second-order valence-corrected chi connectivity index (χ2v) is 6.60. The SMILES string of the molecule is O=C1/C(=C/c2ccco2)SC(=S)N1c1cccc(Br)c1. The summed E-state index contributed by atoms with van der Waals surface area (Å²) in [6, 6.07) is 11.1. The summed E-state index contributed by atoms with van der Waals surface area (Å²) in [7, 11) is 0. The molecule has 0 radical (unpaired) electrons. The highest BCUT2D eigenvalue weighted by Gasteiger charge is 2.33. The fourth-order valence-electron chi connectivity index (χ4n) is 1.81. The van der Waals surface area contributed by atoms with Crippen molar-refractivity contribution < 1.29 is 9.21 Å². The second kappa shape index (κ2) is 5.55. The fraction of sp³-hybridized carbons (Fsp3) is 0. The molecule has 3 rings (SSSR count). The highest BCUT2D eigenvalue weighted by atomic mass is 79.9. The van der Waals surface area contributed by atoms with E-state index >= 15 is 0 Å². The Labute approximate surface area is 133 Å². The first kappa shape index (κ1) is 13.6. The minimum atomic E-state index is -0.130. The van der Waals surface area contributed by atoms with Gasteiger partial charge in [0.2, 0.25) is 0 Å². The zero-order valence-electron chi connectivity index (χ0n) is 10.1. The van der Waals surface area contributed by atoms with Gasteiger partial charge in [0.15, 0.2) is 4.32 Å². The lowest BCUT2D eigenvalue weighted by molar-refractivity contribution is -0.113. The molecule has 0 bridgehead atoms. The van der Waals surface area contributed by atoms with Gasteiger partial charge in [-0.15, -0.1) is 0 Å². The van der Waals surface area contributed by atoms with Crippen LogP contribution in [-0.2, 0) is 4.79 Å². The van der Waals surface area contributed by atoms with E-state index in [2.05, 4.69) is 15.9 Å². The molecule has 1 amide bonds. The topological polar surface area (TPSA) is 33.5 Å². The van der Waals surface area contributed by atoms with Crippen LogP contribution in [0, 0.1) is 0 Å². The van der Waals surface area contributed by atoms with Crippen molar-refractivity contribution in [2.75, 3.05) is 4.90 Å². The van der Waals surface area contributed by atoms with E-state index in [0.717, 1.165) is 10.2 Å². The van der Waals surface area contributed by atoms with Crippen LogP contribution < -0.4 is 4.90 Å². The predicted molar refractivity (Wildman–Crippen MR) is 88.5 cm³/mol. The summed E-state index contributed by atoms with van der Waals surface area (Å²) in [5, 5.41) is 0. The van der Waals surface area contributed by atoms with E-state index in [4.69, 9.17) is 16.6 Å². The van der Waals surface area contributed by atoms with Gasteiger partial charge in [-0.2, -0.15) is 0 Å². The van der Waals surface area contributed by atoms with Gasteiger partial charge in [0, 0.05) is 10.5 Å². The number of benzene rings is 1. The quantitative estimate of drug-likeness (QED) is 0.581. The predicted octanol–water partition coefficient (Wildman–Crippen LogP) is 4.45. The van der Waals surface area contributed by atoms with Gasteiger partial charge in [-0.1, -0.05) is 46.0 Å². The number of halogens is 1. The Balaban J connectivity index is 1.95. The van der Waals surface area contributed by atoms with Crippen LogP contribution in [0.4, 0.5) is 5.69 Å². The Hall–Kier alpha value is -1.37. The molecular weight excluding hydrogens is 358 g/mol. The van der Waals surface area contributed by atoms with Gasteiger partial charge in [0.25, 0.3) is 5.91 Å². The van der Waals surface area contributed by atoms with Crippen LogP contribution in [-0.4, -0.2) is 10.2 Å². The maximum atomic E-state index is 12.4. The molecule has 0 unspecified atom stereocenters. The molecule has 0 saturated carbocycles. The number of furan rings is 1. The Morgan fingerprint density at radius 3 is 2.85 bits per heavy atom. The van der Waals surface area contributed by atoms with Crippen LogP contribution in [0.25, 0.3) is 6.08 Å². The summed E-state index contributed by atoms with van der Waals surface area (Å²) < 4.78 is 6.65. The van der Waals surface area contributed by atoms with Gasteiger partial charge in [-0.25, -0.2) is 0 Å². The van der Waals surface area contributed by atoms with Gasteiger partial charge in [-0.3, -0.25) is 9.69 Å². The molecule has 2 aromatic rings. The lowest BCUT2D eigenvalue weighted by Crippen LogP contribution is -2.27. The average molecular weight is 366 g/mol. The van der Waals surface area contributed by atoms with E-state index < -0.39 is 0 Å². The number of carbonyl (C=O) groups excluding carboxylic acids is 1. The van der Waals surface area contributed by atoms with Crippen LogP contribution in [0.1, 0.15) is 5.76 Å². The van der Waals surface area contributed by atoms with Crippen LogP contribution in [0.2, 0.25) is 0 Å². The number of anilines is 1. The van der Waals surface area contributed by atoms with E-state index in [0.29, 0.717) is 15.0 Å². The summed E-state index contributed by atoms with van der Waals surface area (Å²) in [5.74, 6) is 0.509. The van der Waals surface area contributed by atoms with Gasteiger partial charge in [0.1, 0.15) is 5.76 Å². The van der Waals surface area contributed by atoms with Crippen LogP contribution >= 0.6 is 39.9 Å². The standard InChI is InChI=1S/C14H8BrNO2S2/c15-9-3-1-4-10(7-9)16-13(17)12(20-14(16)19)8-11-5-2-6-18-11/h1-8H/b12-8-. The maximum Gasteiger partial charge on any atom is 0.270 e. The van der Waals surface area contributed by atoms with Crippen molar-refractivity contribution in [1.82, 2.24) is 0 Å². The number of amides is 1. The summed E-state index contributed by atoms with van der Waals surface area (Å²) in [6.07, 6.45) is 3.28. The molecule has 0 atom stereocenters. The van der Waals surface area contributed by atoms with E-state index in [-0.39, 0.29) is 5.91 Å². The van der Waals surface area contributed by atoms with Crippen molar-refractivity contribution in [2.24, 2.45) is 0 Å². The summed E-state index contributed by atoms with van der Waals surface area (Å²) >= 11 is 9.97. The van der Waals surface area contributed by atoms with Crippen LogP contribution in [0.3, 0.4) is 0 Å². The van der Waals surface area contributed by atoms with E-state index in [9.17, 15) is 4.79 Å². The van der Waals surface area contributed by atoms with Crippen molar-refractivity contribution in [3.05, 3.63) is 57.8 Å². The molecule has 1 aromatic heterocycles. The van der Waals surface area contributed by atoms with Crippen molar-refractivity contribution in [3.8, 4) is 0 Å². The molecule has 1 saturated heterocycles. The average Bonchev–Trinajstić information content (AvgIpc) is 2.99. The number of thiocarbonyl (C=S) groups is 1. The molecule has 1 aliphatic rings. The third kappa shape index (κ3) is 2.59. The third-order valence-corrected chi connectivity index (χ3v) is 4.47. The monoisotopic (exact) mass is 365 g/mol. The van der Waals surface area contributed by atoms with Crippen molar-refractivity contribution in [2.45, 2.75) is 0 Å². The minimum absolute atomic E-state index is 0.130. The summed E-state index contributed by atoms with van der Waals surface area (Å²) in [4.78, 5) is 14.5. The normalized spacial score (nSPS) is 17.2. The summed E-state index contributed by atoms with van der Waals surface area (Å²) in [6.45, 7) is 0. The molecule has 100 valence electrons. The molecule has 3 nitrogen and oxygen atoms in total. The number of nitrogens with zero attached hydrogens (tertiary/aromatic N) is 1. The first-order chi connectivity index (χ1) is 9.65. The molecule has 0 N–H and O–H groups in total. The van der Waals surface area contributed by atoms with E-state index in [1.165, 1.54) is 16.7 Å². The first-order valence-electron chi connectivity index (χ1n) is 5.72. The van der Waals surface area contributed by atoms with Gasteiger partial charge < -0.3 is 4.42 Å². The lowest BCUT2D eigenvalue weighted by Gasteiger charge is -2.14. The Kier molecular flexibility index (Phi) is 3.78. The number of thioether (sulfide) groups is 1. The first-order valence-corrected chi connectivity index (χ1v) is 7.74. The molecule has 2 heterocycles. The molecule has 0 aliphatic carbocycles. The van der Waals surface area contributed by atoms with Gasteiger partial charge >= 0.3 is 0 Å². The number of rotatable bonds is 2. The zero-order valence-corrected chi connectivity index (χ0v) is 13.3. The fourth-order valence-corrected chi connectivity index (χ4v) is 3.47. The Morgan fingerprint density at radius 1 is 1.30 bits per heavy atom. The number of hydrogen-bond acceptors (Lipinski definition) is 4. The lowest BCUT2D eigenvalue weighted by atomic mass is 10.3. The van der Waals surface area contributed by atoms with Gasteiger partial charge in [0.05, 0.1) is 16.9 Å². The molecular formula is C14H8BrNO2S2.